The van der Waals surface area contributed by atoms with E-state index in [1.165, 1.54) is 0 Å². The summed E-state index contributed by atoms with van der Waals surface area (Å²) in [5.41, 5.74) is 0. The van der Waals surface area contributed by atoms with Crippen LogP contribution in [0.15, 0.2) is 0 Å². The van der Waals surface area contributed by atoms with Gasteiger partial charge in [-0.25, -0.2) is 0 Å². The number of hydrogen-bond acceptors (Lipinski definition) is 1. The summed E-state index contributed by atoms with van der Waals surface area (Å²) in [5.74, 6) is 0. The Labute approximate surface area is 84.6 Å². The molecule has 0 spiro atoms. The molecule has 0 heterocycles. The van der Waals surface area contributed by atoms with Gasteiger partial charge in [0.15, 0.2) is 17.4 Å². The van der Waals surface area contributed by atoms with Gasteiger partial charge in [0, 0.05) is 32.7 Å². The van der Waals surface area contributed by atoms with Crippen LogP contribution in [0.4, 0.5) is 0 Å². The zero-order valence-corrected chi connectivity index (χ0v) is 5.74. The van der Waals surface area contributed by atoms with Crippen LogP contribution in [0.5, 0.6) is 0 Å². The van der Waals surface area contributed by atoms with Crippen LogP contribution >= 0.6 is 0 Å². The van der Waals surface area contributed by atoms with Crippen LogP contribution < -0.4 is 0 Å². The summed E-state index contributed by atoms with van der Waals surface area (Å²) in [6.07, 6.45) is 0. The SMILES string of the molecule is [AlH3].[O]=[Lu].[Y]. The molecule has 0 bridgehead atoms. The molecule has 0 aromatic rings. The first-order valence-corrected chi connectivity index (χ1v) is 0.782. The van der Waals surface area contributed by atoms with Crippen LogP contribution in [0.25, 0.3) is 0 Å². The van der Waals surface area contributed by atoms with E-state index in [-0.39, 0.29) is 50.1 Å². The minimum atomic E-state index is 0. The molecular formula is H3AlLuOY. The van der Waals surface area contributed by atoms with E-state index in [2.05, 4.69) is 0 Å². The Morgan fingerprint density at radius 2 is 1.25 bits per heavy atom. The van der Waals surface area contributed by atoms with Crippen molar-refractivity contribution in [3.63, 3.8) is 0 Å². The van der Waals surface area contributed by atoms with Gasteiger partial charge in [0.2, 0.25) is 0 Å². The van der Waals surface area contributed by atoms with Gasteiger partial charge < -0.3 is 0 Å². The van der Waals surface area contributed by atoms with Crippen LogP contribution in [0.2, 0.25) is 0 Å². The molecule has 0 fully saturated rings. The maximum absolute atomic E-state index is 8.08. The van der Waals surface area contributed by atoms with Crippen LogP contribution in [0.1, 0.15) is 0 Å². The van der Waals surface area contributed by atoms with E-state index in [1.807, 2.05) is 0 Å². The molecule has 0 aromatic carbocycles. The first kappa shape index (κ1) is 15.9. The van der Waals surface area contributed by atoms with E-state index in [0.29, 0.717) is 0 Å². The number of hydrogen-bond donors (Lipinski definition) is 0. The molecule has 4 heteroatoms. The van der Waals surface area contributed by atoms with Gasteiger partial charge >= 0.3 is 36.6 Å². The van der Waals surface area contributed by atoms with E-state index in [0.717, 1.165) is 0 Å². The second-order valence-electron chi connectivity index (χ2n) is 0. The van der Waals surface area contributed by atoms with Gasteiger partial charge in [-0.15, -0.1) is 0 Å². The fourth-order valence-corrected chi connectivity index (χ4v) is 0. The third-order valence-corrected chi connectivity index (χ3v) is 0. The molecule has 0 saturated carbocycles. The third-order valence-electron chi connectivity index (χ3n) is 0. The molecule has 0 unspecified atom stereocenters. The first-order chi connectivity index (χ1) is 1.00. The predicted molar refractivity (Wildman–Crippen MR) is 10.6 cm³/mol. The second kappa shape index (κ2) is 17.3. The van der Waals surface area contributed by atoms with Gasteiger partial charge in [0.1, 0.15) is 0 Å². The molecule has 0 aliphatic carbocycles. The van der Waals surface area contributed by atoms with Crippen molar-refractivity contribution in [3.8, 4) is 0 Å². The molecule has 1 radical (unpaired) electrons. The molecule has 1 nitrogen and oxygen atoms in total. The summed E-state index contributed by atoms with van der Waals surface area (Å²) >= 11 is 1.58. The van der Waals surface area contributed by atoms with Gasteiger partial charge in [-0.05, 0) is 0 Å². The van der Waals surface area contributed by atoms with Crippen molar-refractivity contribution < 1.29 is 69.3 Å². The molecule has 0 N–H and O–H groups in total. The first-order valence-electron chi connectivity index (χ1n) is 0.105. The third kappa shape index (κ3) is 8.82. The minimum Gasteiger partial charge on any atom is 0 e. The van der Waals surface area contributed by atoms with Crippen LogP contribution in [0.3, 0.4) is 0 Å². The Bertz CT molecular complexity index is 8.00. The monoisotopic (exact) mass is 310 g/mol. The molecule has 0 amide bonds. The summed E-state index contributed by atoms with van der Waals surface area (Å²) in [6, 6.07) is 0. The Hall–Kier alpha value is 2.67. The van der Waals surface area contributed by atoms with Gasteiger partial charge in [-0.2, -0.15) is 0 Å². The molecule has 0 atom stereocenters. The summed E-state index contributed by atoms with van der Waals surface area (Å²) in [5, 5.41) is 0. The predicted octanol–water partition coefficient (Wildman–Crippen LogP) is -1.31. The van der Waals surface area contributed by atoms with Crippen LogP contribution in [0, 0.1) is 35.0 Å². The Balaban J connectivity index is -0.00000000500. The standard InChI is InChI=1S/Al.Lu.O.Y.3H. The molecule has 4 heavy (non-hydrogen) atoms. The molecule has 0 saturated heterocycles. The molecular weight excluding hydrogens is 307 g/mol. The second-order valence-corrected chi connectivity index (χ2v) is 0. The summed E-state index contributed by atoms with van der Waals surface area (Å²) < 4.78 is 8.08. The fourth-order valence-electron chi connectivity index (χ4n) is 0. The van der Waals surface area contributed by atoms with E-state index in [9.17, 15) is 0 Å². The van der Waals surface area contributed by atoms with Gasteiger partial charge in [-0.3, -0.25) is 0 Å². The zero-order valence-electron chi connectivity index (χ0n) is 1.24. The van der Waals surface area contributed by atoms with Gasteiger partial charge in [-0.1, -0.05) is 0 Å². The van der Waals surface area contributed by atoms with Gasteiger partial charge in [0.25, 0.3) is 0 Å². The van der Waals surface area contributed by atoms with Crippen molar-refractivity contribution in [2.75, 3.05) is 0 Å². The van der Waals surface area contributed by atoms with Crippen molar-refractivity contribution >= 4 is 17.4 Å². The quantitative estimate of drug-likeness (QED) is 0.508. The normalized spacial score (nSPS) is 1.50. The van der Waals surface area contributed by atoms with Crippen molar-refractivity contribution in [2.24, 2.45) is 0 Å². The maximum atomic E-state index is 8.08. The molecule has 0 rings (SSSR count). The average molecular weight is 310 g/mol. The largest absolute Gasteiger partial charge is 0 e. The summed E-state index contributed by atoms with van der Waals surface area (Å²) in [4.78, 5) is 0. The Morgan fingerprint density at radius 1 is 1.25 bits per heavy atom. The Kier molecular flexibility index (Phi) is 69.0. The van der Waals surface area contributed by atoms with Crippen molar-refractivity contribution in [3.05, 3.63) is 0 Å². The number of rotatable bonds is 0. The molecule has 0 aromatic heterocycles. The maximum Gasteiger partial charge on any atom is 0 e. The summed E-state index contributed by atoms with van der Waals surface area (Å²) in [6.45, 7) is 0. The molecule has 0 aliphatic rings. The average Bonchev–Trinajstić information content (AvgIpc) is 1.00. The topological polar surface area (TPSA) is 17.1 Å². The van der Waals surface area contributed by atoms with Crippen LogP contribution in [-0.4, -0.2) is 17.4 Å². The van der Waals surface area contributed by atoms with Crippen molar-refractivity contribution in [1.82, 2.24) is 0 Å². The molecule has 30 valence electrons. The van der Waals surface area contributed by atoms with Crippen molar-refractivity contribution in [1.29, 1.82) is 0 Å². The molecule has 0 aliphatic heterocycles. The smallest absolute Gasteiger partial charge is 0 e. The zero-order chi connectivity index (χ0) is 2.00. The van der Waals surface area contributed by atoms with E-state index in [1.54, 1.807) is 35.0 Å². The minimum absolute atomic E-state index is 0. The van der Waals surface area contributed by atoms with E-state index >= 15 is 0 Å². The fraction of sp³-hybridized carbons (Fsp3) is 0. The Morgan fingerprint density at radius 3 is 1.25 bits per heavy atom. The van der Waals surface area contributed by atoms with Gasteiger partial charge in [0.05, 0.1) is 0 Å². The van der Waals surface area contributed by atoms with Crippen LogP contribution in [-0.2, 0) is 34.2 Å². The summed E-state index contributed by atoms with van der Waals surface area (Å²) in [7, 11) is 0. The van der Waals surface area contributed by atoms with Crippen molar-refractivity contribution in [2.45, 2.75) is 0 Å². The van der Waals surface area contributed by atoms with E-state index < -0.39 is 0 Å². The van der Waals surface area contributed by atoms with E-state index in [4.69, 9.17) is 1.54 Å².